The molecule has 1 N–H and O–H groups in total. The number of piperazine rings is 1. The first-order valence-corrected chi connectivity index (χ1v) is 8.55. The number of nitrogens with zero attached hydrogens (tertiary/aromatic N) is 1. The zero-order chi connectivity index (χ0) is 14.8. The van der Waals surface area contributed by atoms with Gasteiger partial charge in [0.15, 0.2) is 0 Å². The van der Waals surface area contributed by atoms with E-state index in [1.807, 2.05) is 0 Å². The van der Waals surface area contributed by atoms with Gasteiger partial charge in [0.05, 0.1) is 0 Å². The van der Waals surface area contributed by atoms with Crippen LogP contribution in [-0.4, -0.2) is 31.1 Å². The lowest BCUT2D eigenvalue weighted by Gasteiger charge is -2.38. The van der Waals surface area contributed by atoms with Crippen LogP contribution in [0, 0.1) is 17.6 Å². The second kappa shape index (κ2) is 9.52. The van der Waals surface area contributed by atoms with Gasteiger partial charge in [-0.3, -0.25) is 4.90 Å². The van der Waals surface area contributed by atoms with E-state index < -0.39 is 11.6 Å². The highest BCUT2D eigenvalue weighted by atomic mass is 79.9. The van der Waals surface area contributed by atoms with E-state index in [2.05, 4.69) is 26.1 Å². The summed E-state index contributed by atoms with van der Waals surface area (Å²) >= 11 is 3.17. The molecule has 1 heterocycles. The van der Waals surface area contributed by atoms with Crippen LogP contribution < -0.4 is 5.32 Å². The van der Waals surface area contributed by atoms with E-state index in [0.29, 0.717) is 10.4 Å². The van der Waals surface area contributed by atoms with Crippen molar-refractivity contribution < 1.29 is 8.78 Å². The van der Waals surface area contributed by atoms with Crippen molar-refractivity contribution in [2.45, 2.75) is 31.7 Å². The van der Waals surface area contributed by atoms with Gasteiger partial charge in [0.1, 0.15) is 11.6 Å². The Hall–Kier alpha value is 0.0600. The zero-order valence-electron chi connectivity index (χ0n) is 12.9. The van der Waals surface area contributed by atoms with E-state index in [1.165, 1.54) is 25.0 Å². The molecule has 2 aliphatic rings. The SMILES string of the molecule is Cl.Cl.Fc1cc(Br)cc(F)c1[C@@H](C1CCCC1)N1CCNCC1. The van der Waals surface area contributed by atoms with Crippen molar-refractivity contribution in [3.8, 4) is 0 Å². The van der Waals surface area contributed by atoms with Gasteiger partial charge in [-0.2, -0.15) is 0 Å². The van der Waals surface area contributed by atoms with Crippen LogP contribution in [0.2, 0.25) is 0 Å². The zero-order valence-corrected chi connectivity index (χ0v) is 16.1. The van der Waals surface area contributed by atoms with Crippen molar-refractivity contribution >= 4 is 40.7 Å². The predicted molar refractivity (Wildman–Crippen MR) is 97.7 cm³/mol. The molecule has 7 heteroatoms. The summed E-state index contributed by atoms with van der Waals surface area (Å²) in [5.74, 6) is -0.470. The molecule has 2 fully saturated rings. The van der Waals surface area contributed by atoms with Crippen molar-refractivity contribution in [3.63, 3.8) is 0 Å². The van der Waals surface area contributed by atoms with Crippen molar-refractivity contribution in [1.29, 1.82) is 0 Å². The molecule has 1 aromatic carbocycles. The van der Waals surface area contributed by atoms with Crippen LogP contribution in [0.3, 0.4) is 0 Å². The number of nitrogens with one attached hydrogen (secondary N) is 1. The topological polar surface area (TPSA) is 15.3 Å². The van der Waals surface area contributed by atoms with Crippen molar-refractivity contribution in [1.82, 2.24) is 10.2 Å². The Morgan fingerprint density at radius 3 is 2.09 bits per heavy atom. The second-order valence-corrected chi connectivity index (χ2v) is 6.97. The fourth-order valence-electron chi connectivity index (χ4n) is 3.79. The number of hydrogen-bond donors (Lipinski definition) is 1. The summed E-state index contributed by atoms with van der Waals surface area (Å²) in [6, 6.07) is 2.66. The van der Waals surface area contributed by atoms with Gasteiger partial charge < -0.3 is 5.32 Å². The van der Waals surface area contributed by atoms with Gasteiger partial charge >= 0.3 is 0 Å². The summed E-state index contributed by atoms with van der Waals surface area (Å²) in [5.41, 5.74) is 0.270. The fraction of sp³-hybridized carbons (Fsp3) is 0.625. The minimum atomic E-state index is -0.419. The van der Waals surface area contributed by atoms with Gasteiger partial charge in [0.25, 0.3) is 0 Å². The van der Waals surface area contributed by atoms with E-state index >= 15 is 0 Å². The predicted octanol–water partition coefficient (Wildman–Crippen LogP) is 4.71. The highest BCUT2D eigenvalue weighted by molar-refractivity contribution is 9.10. The maximum absolute atomic E-state index is 14.5. The Balaban J connectivity index is 0.00000132. The second-order valence-electron chi connectivity index (χ2n) is 6.06. The van der Waals surface area contributed by atoms with Crippen molar-refractivity contribution in [2.24, 2.45) is 5.92 Å². The molecule has 2 nitrogen and oxygen atoms in total. The lowest BCUT2D eigenvalue weighted by Crippen LogP contribution is -2.47. The third-order valence-corrected chi connectivity index (χ3v) is 5.19. The van der Waals surface area contributed by atoms with Crippen LogP contribution in [0.15, 0.2) is 16.6 Å². The Bertz CT molecular complexity index is 484. The molecule has 1 aromatic rings. The first-order chi connectivity index (χ1) is 10.2. The minimum absolute atomic E-state index is 0. The molecule has 23 heavy (non-hydrogen) atoms. The molecule has 132 valence electrons. The minimum Gasteiger partial charge on any atom is -0.314 e. The Labute approximate surface area is 157 Å². The van der Waals surface area contributed by atoms with E-state index in [9.17, 15) is 8.78 Å². The molecule has 0 unspecified atom stereocenters. The Morgan fingerprint density at radius 2 is 1.57 bits per heavy atom. The summed E-state index contributed by atoms with van der Waals surface area (Å²) in [5, 5.41) is 3.31. The van der Waals surface area contributed by atoms with Gasteiger partial charge in [-0.1, -0.05) is 28.8 Å². The monoisotopic (exact) mass is 430 g/mol. The smallest absolute Gasteiger partial charge is 0.132 e. The van der Waals surface area contributed by atoms with Crippen LogP contribution in [0.4, 0.5) is 8.78 Å². The quantitative estimate of drug-likeness (QED) is 0.745. The lowest BCUT2D eigenvalue weighted by molar-refractivity contribution is 0.119. The largest absolute Gasteiger partial charge is 0.314 e. The molecule has 1 atom stereocenters. The molecular formula is C16H23BrCl2F2N2. The van der Waals surface area contributed by atoms with Crippen LogP contribution in [0.1, 0.15) is 37.3 Å². The maximum atomic E-state index is 14.5. The summed E-state index contributed by atoms with van der Waals surface area (Å²) in [6.07, 6.45) is 4.49. The number of hydrogen-bond acceptors (Lipinski definition) is 2. The first-order valence-electron chi connectivity index (χ1n) is 7.76. The van der Waals surface area contributed by atoms with Gasteiger partial charge in [-0.25, -0.2) is 8.78 Å². The maximum Gasteiger partial charge on any atom is 0.132 e. The molecule has 3 rings (SSSR count). The summed E-state index contributed by atoms with van der Waals surface area (Å²) < 4.78 is 29.4. The van der Waals surface area contributed by atoms with Gasteiger partial charge in [-0.15, -0.1) is 24.8 Å². The van der Waals surface area contributed by atoms with Crippen LogP contribution in [-0.2, 0) is 0 Å². The fourth-order valence-corrected chi connectivity index (χ4v) is 4.19. The third-order valence-electron chi connectivity index (χ3n) is 4.73. The molecule has 0 aromatic heterocycles. The average molecular weight is 432 g/mol. The summed E-state index contributed by atoms with van der Waals surface area (Å²) in [4.78, 5) is 2.27. The van der Waals surface area contributed by atoms with E-state index in [1.54, 1.807) is 0 Å². The number of benzene rings is 1. The molecule has 0 radical (unpaired) electrons. The lowest BCUT2D eigenvalue weighted by atomic mass is 9.89. The van der Waals surface area contributed by atoms with Crippen LogP contribution in [0.5, 0.6) is 0 Å². The third kappa shape index (κ3) is 4.79. The van der Waals surface area contributed by atoms with Crippen LogP contribution >= 0.6 is 40.7 Å². The highest BCUT2D eigenvalue weighted by Crippen LogP contribution is 2.41. The van der Waals surface area contributed by atoms with Gasteiger partial charge in [0, 0.05) is 42.3 Å². The van der Waals surface area contributed by atoms with Crippen molar-refractivity contribution in [2.75, 3.05) is 26.2 Å². The van der Waals surface area contributed by atoms with Crippen LogP contribution in [0.25, 0.3) is 0 Å². The summed E-state index contributed by atoms with van der Waals surface area (Å²) in [6.45, 7) is 3.50. The Kier molecular flexibility index (Phi) is 8.73. The normalized spacial score (nSPS) is 20.7. The summed E-state index contributed by atoms with van der Waals surface area (Å²) in [7, 11) is 0. The molecule has 1 aliphatic heterocycles. The number of halogens is 5. The average Bonchev–Trinajstić information content (AvgIpc) is 2.97. The van der Waals surface area contributed by atoms with E-state index in [-0.39, 0.29) is 36.4 Å². The molecule has 1 saturated heterocycles. The van der Waals surface area contributed by atoms with Gasteiger partial charge in [-0.05, 0) is 30.9 Å². The molecule has 0 amide bonds. The highest BCUT2D eigenvalue weighted by Gasteiger charge is 2.35. The first kappa shape index (κ1) is 21.1. The van der Waals surface area contributed by atoms with E-state index in [0.717, 1.165) is 39.0 Å². The molecular weight excluding hydrogens is 409 g/mol. The van der Waals surface area contributed by atoms with Gasteiger partial charge in [0.2, 0.25) is 0 Å². The Morgan fingerprint density at radius 1 is 1.04 bits per heavy atom. The number of rotatable bonds is 3. The molecule has 0 bridgehead atoms. The molecule has 1 saturated carbocycles. The molecule has 1 aliphatic carbocycles. The molecule has 0 spiro atoms. The standard InChI is InChI=1S/C16H21BrF2N2.2ClH/c17-12-9-13(18)15(14(19)10-12)16(11-3-1-2-4-11)21-7-5-20-6-8-21;;/h9-11,16,20H,1-8H2;2*1H/t16-;;/m1../s1. The van der Waals surface area contributed by atoms with Crippen molar-refractivity contribution in [3.05, 3.63) is 33.8 Å². The van der Waals surface area contributed by atoms with E-state index in [4.69, 9.17) is 0 Å².